The van der Waals surface area contributed by atoms with E-state index in [0.717, 1.165) is 6.42 Å². The van der Waals surface area contributed by atoms with E-state index in [1.807, 2.05) is 0 Å². The zero-order valence-corrected chi connectivity index (χ0v) is 9.77. The zero-order valence-electron chi connectivity index (χ0n) is 9.77. The summed E-state index contributed by atoms with van der Waals surface area (Å²) >= 11 is 0. The van der Waals surface area contributed by atoms with Crippen LogP contribution in [0.25, 0.3) is 0 Å². The number of hydrogen-bond acceptors (Lipinski definition) is 3. The Morgan fingerprint density at radius 1 is 1.56 bits per heavy atom. The van der Waals surface area contributed by atoms with Gasteiger partial charge in [0, 0.05) is 19.9 Å². The first-order valence-corrected chi connectivity index (χ1v) is 5.46. The molecule has 0 fully saturated rings. The van der Waals surface area contributed by atoms with Crippen molar-refractivity contribution >= 4 is 5.91 Å². The molecule has 1 amide bonds. The van der Waals surface area contributed by atoms with Crippen LogP contribution in [-0.4, -0.2) is 31.2 Å². The molecule has 0 aliphatic rings. The first-order chi connectivity index (χ1) is 7.77. The molecule has 4 nitrogen and oxygen atoms in total. The first-order valence-electron chi connectivity index (χ1n) is 5.46. The Hall–Kier alpha value is -1.42. The number of ether oxygens (including phenoxy) is 1. The Kier molecular flexibility index (Phi) is 5.50. The molecule has 0 saturated heterocycles. The highest BCUT2D eigenvalue weighted by molar-refractivity contribution is 5.92. The first kappa shape index (κ1) is 12.6. The summed E-state index contributed by atoms with van der Waals surface area (Å²) in [6, 6.07) is 5.29. The average molecular weight is 222 g/mol. The van der Waals surface area contributed by atoms with E-state index in [1.54, 1.807) is 31.5 Å². The second-order valence-corrected chi connectivity index (χ2v) is 3.65. The van der Waals surface area contributed by atoms with Crippen LogP contribution in [0.1, 0.15) is 23.8 Å². The van der Waals surface area contributed by atoms with Crippen LogP contribution >= 0.6 is 0 Å². The van der Waals surface area contributed by atoms with Gasteiger partial charge in [0.15, 0.2) is 0 Å². The Labute approximate surface area is 96.0 Å². The van der Waals surface area contributed by atoms with Crippen LogP contribution in [0.2, 0.25) is 0 Å². The molecule has 1 atom stereocenters. The Bertz CT molecular complexity index is 314. The maximum Gasteiger partial charge on any atom is 0.269 e. The van der Waals surface area contributed by atoms with Gasteiger partial charge in [-0.3, -0.25) is 9.78 Å². The van der Waals surface area contributed by atoms with Crippen molar-refractivity contribution in [3.8, 4) is 0 Å². The third-order valence-corrected chi connectivity index (χ3v) is 2.43. The van der Waals surface area contributed by atoms with Crippen molar-refractivity contribution in [1.82, 2.24) is 10.3 Å². The van der Waals surface area contributed by atoms with Gasteiger partial charge in [0.25, 0.3) is 5.91 Å². The third-order valence-electron chi connectivity index (χ3n) is 2.43. The molecule has 16 heavy (non-hydrogen) atoms. The summed E-state index contributed by atoms with van der Waals surface area (Å²) in [5.41, 5.74) is 0.453. The molecule has 1 aromatic rings. The van der Waals surface area contributed by atoms with Crippen LogP contribution in [0.5, 0.6) is 0 Å². The molecule has 0 aliphatic carbocycles. The van der Waals surface area contributed by atoms with Gasteiger partial charge in [0.05, 0.1) is 6.61 Å². The van der Waals surface area contributed by atoms with Crippen LogP contribution in [-0.2, 0) is 4.74 Å². The lowest BCUT2D eigenvalue weighted by molar-refractivity contribution is 0.0923. The fourth-order valence-corrected chi connectivity index (χ4v) is 1.38. The third kappa shape index (κ3) is 3.98. The van der Waals surface area contributed by atoms with Gasteiger partial charge in [-0.05, 0) is 24.5 Å². The maximum atomic E-state index is 11.7. The summed E-state index contributed by atoms with van der Waals surface area (Å²) in [4.78, 5) is 15.6. The molecule has 1 rings (SSSR count). The number of carbonyl (C=O) groups is 1. The number of amides is 1. The number of pyridine rings is 1. The van der Waals surface area contributed by atoms with Crippen LogP contribution in [0.15, 0.2) is 24.4 Å². The van der Waals surface area contributed by atoms with E-state index in [4.69, 9.17) is 4.74 Å². The second kappa shape index (κ2) is 6.95. The number of rotatable bonds is 6. The van der Waals surface area contributed by atoms with E-state index in [0.29, 0.717) is 24.8 Å². The Balaban J connectivity index is 2.40. The second-order valence-electron chi connectivity index (χ2n) is 3.65. The highest BCUT2D eigenvalue weighted by Gasteiger charge is 2.10. The standard InChI is InChI=1S/C12H18N2O2/c1-3-10(9-16-2)8-14-12(15)11-6-4-5-7-13-11/h4-7,10H,3,8-9H2,1-2H3,(H,14,15). The summed E-state index contributed by atoms with van der Waals surface area (Å²) in [6.07, 6.45) is 2.59. The van der Waals surface area contributed by atoms with Gasteiger partial charge in [-0.15, -0.1) is 0 Å². The van der Waals surface area contributed by atoms with Crippen LogP contribution < -0.4 is 5.32 Å². The molecular formula is C12H18N2O2. The van der Waals surface area contributed by atoms with Crippen LogP contribution in [0.4, 0.5) is 0 Å². The topological polar surface area (TPSA) is 51.2 Å². The van der Waals surface area contributed by atoms with Gasteiger partial charge in [-0.25, -0.2) is 0 Å². The lowest BCUT2D eigenvalue weighted by atomic mass is 10.1. The number of carbonyl (C=O) groups excluding carboxylic acids is 1. The van der Waals surface area contributed by atoms with Crippen LogP contribution in [0.3, 0.4) is 0 Å². The van der Waals surface area contributed by atoms with Crippen molar-refractivity contribution in [2.75, 3.05) is 20.3 Å². The molecule has 1 N–H and O–H groups in total. The molecule has 0 aliphatic heterocycles. The molecular weight excluding hydrogens is 204 g/mol. The fraction of sp³-hybridized carbons (Fsp3) is 0.500. The van der Waals surface area contributed by atoms with Crippen molar-refractivity contribution in [3.05, 3.63) is 30.1 Å². The molecule has 0 saturated carbocycles. The highest BCUT2D eigenvalue weighted by Crippen LogP contribution is 2.01. The van der Waals surface area contributed by atoms with E-state index >= 15 is 0 Å². The average Bonchev–Trinajstić information content (AvgIpc) is 2.35. The summed E-state index contributed by atoms with van der Waals surface area (Å²) in [6.45, 7) is 3.37. The van der Waals surface area contributed by atoms with E-state index in [2.05, 4.69) is 17.2 Å². The number of aromatic nitrogens is 1. The number of nitrogens with zero attached hydrogens (tertiary/aromatic N) is 1. The van der Waals surface area contributed by atoms with Gasteiger partial charge in [-0.2, -0.15) is 0 Å². The molecule has 0 aromatic carbocycles. The van der Waals surface area contributed by atoms with Crippen molar-refractivity contribution in [1.29, 1.82) is 0 Å². The summed E-state index contributed by atoms with van der Waals surface area (Å²) in [7, 11) is 1.67. The smallest absolute Gasteiger partial charge is 0.269 e. The van der Waals surface area contributed by atoms with Gasteiger partial charge in [0.2, 0.25) is 0 Å². The summed E-state index contributed by atoms with van der Waals surface area (Å²) < 4.78 is 5.07. The predicted octanol–water partition coefficient (Wildman–Crippen LogP) is 1.48. The van der Waals surface area contributed by atoms with Crippen molar-refractivity contribution in [3.63, 3.8) is 0 Å². The van der Waals surface area contributed by atoms with E-state index < -0.39 is 0 Å². The van der Waals surface area contributed by atoms with Gasteiger partial charge >= 0.3 is 0 Å². The van der Waals surface area contributed by atoms with Crippen molar-refractivity contribution in [2.45, 2.75) is 13.3 Å². The lowest BCUT2D eigenvalue weighted by Crippen LogP contribution is -2.31. The largest absolute Gasteiger partial charge is 0.384 e. The highest BCUT2D eigenvalue weighted by atomic mass is 16.5. The van der Waals surface area contributed by atoms with E-state index in [1.165, 1.54) is 0 Å². The molecule has 88 valence electrons. The normalized spacial score (nSPS) is 12.1. The monoisotopic (exact) mass is 222 g/mol. The lowest BCUT2D eigenvalue weighted by Gasteiger charge is -2.14. The van der Waals surface area contributed by atoms with Crippen molar-refractivity contribution in [2.24, 2.45) is 5.92 Å². The quantitative estimate of drug-likeness (QED) is 0.793. The molecule has 1 aromatic heterocycles. The minimum Gasteiger partial charge on any atom is -0.384 e. The SMILES string of the molecule is CCC(CNC(=O)c1ccccn1)COC. The maximum absolute atomic E-state index is 11.7. The fourth-order valence-electron chi connectivity index (χ4n) is 1.38. The van der Waals surface area contributed by atoms with Crippen molar-refractivity contribution < 1.29 is 9.53 Å². The number of nitrogens with one attached hydrogen (secondary N) is 1. The Morgan fingerprint density at radius 2 is 2.38 bits per heavy atom. The summed E-state index contributed by atoms with van der Waals surface area (Å²) in [5, 5.41) is 2.85. The number of methoxy groups -OCH3 is 1. The number of hydrogen-bond donors (Lipinski definition) is 1. The van der Waals surface area contributed by atoms with Crippen LogP contribution in [0, 0.1) is 5.92 Å². The zero-order chi connectivity index (χ0) is 11.8. The predicted molar refractivity (Wildman–Crippen MR) is 62.2 cm³/mol. The molecule has 0 spiro atoms. The van der Waals surface area contributed by atoms with E-state index in [-0.39, 0.29) is 5.91 Å². The minimum absolute atomic E-state index is 0.129. The molecule has 0 radical (unpaired) electrons. The van der Waals surface area contributed by atoms with E-state index in [9.17, 15) is 4.79 Å². The van der Waals surface area contributed by atoms with Gasteiger partial charge in [0.1, 0.15) is 5.69 Å². The van der Waals surface area contributed by atoms with Gasteiger partial charge in [-0.1, -0.05) is 13.0 Å². The molecule has 1 heterocycles. The van der Waals surface area contributed by atoms with Gasteiger partial charge < -0.3 is 10.1 Å². The minimum atomic E-state index is -0.129. The molecule has 0 bridgehead atoms. The molecule has 4 heteroatoms. The Morgan fingerprint density at radius 3 is 2.94 bits per heavy atom. The molecule has 1 unspecified atom stereocenters. The summed E-state index contributed by atoms with van der Waals surface area (Å²) in [5.74, 6) is 0.229.